The van der Waals surface area contributed by atoms with E-state index in [2.05, 4.69) is 0 Å². The van der Waals surface area contributed by atoms with Crippen molar-refractivity contribution in [1.29, 1.82) is 5.26 Å². The van der Waals surface area contributed by atoms with Crippen LogP contribution in [0.25, 0.3) is 0 Å². The van der Waals surface area contributed by atoms with Gasteiger partial charge in [0.1, 0.15) is 6.07 Å². The highest BCUT2D eigenvalue weighted by atomic mass is 16.5. The van der Waals surface area contributed by atoms with Gasteiger partial charge in [0.05, 0.1) is 12.7 Å². The molecule has 0 aliphatic heterocycles. The van der Waals surface area contributed by atoms with E-state index in [9.17, 15) is 5.11 Å². The summed E-state index contributed by atoms with van der Waals surface area (Å²) in [6.45, 7) is 1.78. The molecule has 0 saturated heterocycles. The van der Waals surface area contributed by atoms with E-state index in [-0.39, 0.29) is 17.5 Å². The van der Waals surface area contributed by atoms with Crippen LogP contribution < -0.4 is 10.5 Å². The molecule has 0 amide bonds. The van der Waals surface area contributed by atoms with Crippen molar-refractivity contribution in [1.82, 2.24) is 0 Å². The van der Waals surface area contributed by atoms with Gasteiger partial charge in [-0.25, -0.2) is 0 Å². The molecule has 0 saturated carbocycles. The molecule has 74 valence electrons. The van der Waals surface area contributed by atoms with Gasteiger partial charge in [0.2, 0.25) is 0 Å². The summed E-state index contributed by atoms with van der Waals surface area (Å²) in [6.07, 6.45) is 0. The molecule has 0 aliphatic rings. The predicted molar refractivity (Wildman–Crippen MR) is 52.0 cm³/mol. The van der Waals surface area contributed by atoms with E-state index < -0.39 is 0 Å². The van der Waals surface area contributed by atoms with Crippen LogP contribution in [-0.2, 0) is 0 Å². The molecule has 3 N–H and O–H groups in total. The maximum Gasteiger partial charge on any atom is 0.178 e. The molecule has 1 rings (SSSR count). The minimum absolute atomic E-state index is 0.0566. The molecule has 0 spiro atoms. The van der Waals surface area contributed by atoms with Gasteiger partial charge in [-0.3, -0.25) is 0 Å². The van der Waals surface area contributed by atoms with E-state index in [1.807, 2.05) is 6.07 Å². The third kappa shape index (κ3) is 1.78. The number of rotatable bonds is 2. The standard InChI is InChI=1S/C10H12N2O2/c1-6(12)7-3-8(5-11)10(14-2)9(13)4-7/h3-4,6,13H,12H2,1-2H3. The third-order valence-corrected chi connectivity index (χ3v) is 1.94. The van der Waals surface area contributed by atoms with Crippen LogP contribution in [0.3, 0.4) is 0 Å². The molecule has 1 atom stereocenters. The molecule has 1 aromatic carbocycles. The fourth-order valence-electron chi connectivity index (χ4n) is 1.20. The first-order valence-corrected chi connectivity index (χ1v) is 4.16. The highest BCUT2D eigenvalue weighted by Crippen LogP contribution is 2.32. The second-order valence-corrected chi connectivity index (χ2v) is 3.02. The lowest BCUT2D eigenvalue weighted by atomic mass is 10.0. The number of ether oxygens (including phenoxy) is 1. The van der Waals surface area contributed by atoms with E-state index in [1.165, 1.54) is 13.2 Å². The summed E-state index contributed by atoms with van der Waals surface area (Å²) in [5.41, 5.74) is 6.64. The van der Waals surface area contributed by atoms with Crippen LogP contribution in [0.15, 0.2) is 12.1 Å². The van der Waals surface area contributed by atoms with Gasteiger partial charge in [-0.2, -0.15) is 5.26 Å². The summed E-state index contributed by atoms with van der Waals surface area (Å²) >= 11 is 0. The number of nitriles is 1. The molecule has 1 aromatic rings. The number of methoxy groups -OCH3 is 1. The lowest BCUT2D eigenvalue weighted by Gasteiger charge is -2.10. The number of hydrogen-bond donors (Lipinski definition) is 2. The highest BCUT2D eigenvalue weighted by Gasteiger charge is 2.12. The molecular weight excluding hydrogens is 180 g/mol. The van der Waals surface area contributed by atoms with Crippen LogP contribution in [0.2, 0.25) is 0 Å². The summed E-state index contributed by atoms with van der Waals surface area (Å²) in [6, 6.07) is 4.84. The Morgan fingerprint density at radius 3 is 2.64 bits per heavy atom. The molecule has 14 heavy (non-hydrogen) atoms. The SMILES string of the molecule is COc1c(O)cc(C(C)N)cc1C#N. The Morgan fingerprint density at radius 2 is 2.21 bits per heavy atom. The van der Waals surface area contributed by atoms with Crippen molar-refractivity contribution in [2.45, 2.75) is 13.0 Å². The van der Waals surface area contributed by atoms with Crippen LogP contribution in [0.4, 0.5) is 0 Å². The van der Waals surface area contributed by atoms with Gasteiger partial charge in [0.15, 0.2) is 11.5 Å². The Kier molecular flexibility index (Phi) is 2.95. The van der Waals surface area contributed by atoms with Gasteiger partial charge in [0, 0.05) is 6.04 Å². The Bertz CT molecular complexity index is 380. The average Bonchev–Trinajstić information content (AvgIpc) is 2.16. The van der Waals surface area contributed by atoms with Crippen LogP contribution in [-0.4, -0.2) is 12.2 Å². The topological polar surface area (TPSA) is 79.3 Å². The first-order chi connectivity index (χ1) is 6.60. The Hall–Kier alpha value is -1.73. The highest BCUT2D eigenvalue weighted by molar-refractivity contribution is 5.54. The summed E-state index contributed by atoms with van der Waals surface area (Å²) in [5.74, 6) is 0.135. The van der Waals surface area contributed by atoms with Crippen LogP contribution in [0, 0.1) is 11.3 Å². The van der Waals surface area contributed by atoms with Crippen molar-refractivity contribution < 1.29 is 9.84 Å². The average molecular weight is 192 g/mol. The molecule has 0 heterocycles. The first-order valence-electron chi connectivity index (χ1n) is 4.16. The molecule has 0 radical (unpaired) electrons. The van der Waals surface area contributed by atoms with Gasteiger partial charge in [-0.1, -0.05) is 0 Å². The smallest absolute Gasteiger partial charge is 0.178 e. The molecule has 0 fully saturated rings. The van der Waals surface area contributed by atoms with Gasteiger partial charge >= 0.3 is 0 Å². The molecule has 0 aromatic heterocycles. The number of nitrogens with zero attached hydrogens (tertiary/aromatic N) is 1. The fraction of sp³-hybridized carbons (Fsp3) is 0.300. The van der Waals surface area contributed by atoms with Gasteiger partial charge < -0.3 is 15.6 Å². The van der Waals surface area contributed by atoms with Crippen molar-refractivity contribution in [3.05, 3.63) is 23.3 Å². The van der Waals surface area contributed by atoms with E-state index >= 15 is 0 Å². The van der Waals surface area contributed by atoms with Crippen molar-refractivity contribution in [2.75, 3.05) is 7.11 Å². The lowest BCUT2D eigenvalue weighted by molar-refractivity contribution is 0.371. The minimum Gasteiger partial charge on any atom is -0.504 e. The van der Waals surface area contributed by atoms with E-state index in [4.69, 9.17) is 15.7 Å². The van der Waals surface area contributed by atoms with E-state index in [0.717, 1.165) is 0 Å². The summed E-state index contributed by atoms with van der Waals surface area (Å²) in [4.78, 5) is 0. The normalized spacial score (nSPS) is 11.9. The van der Waals surface area contributed by atoms with Crippen molar-refractivity contribution in [2.24, 2.45) is 5.73 Å². The minimum atomic E-state index is -0.223. The number of phenolic OH excluding ortho intramolecular Hbond substituents is 1. The summed E-state index contributed by atoms with van der Waals surface area (Å²) in [7, 11) is 1.40. The number of phenols is 1. The van der Waals surface area contributed by atoms with Crippen LogP contribution in [0.1, 0.15) is 24.1 Å². The van der Waals surface area contributed by atoms with Crippen LogP contribution in [0.5, 0.6) is 11.5 Å². The molecule has 4 heteroatoms. The zero-order valence-corrected chi connectivity index (χ0v) is 8.11. The largest absolute Gasteiger partial charge is 0.504 e. The van der Waals surface area contributed by atoms with Crippen molar-refractivity contribution in [3.63, 3.8) is 0 Å². The number of nitrogens with two attached hydrogens (primary N) is 1. The molecule has 0 aliphatic carbocycles. The van der Waals surface area contributed by atoms with Gasteiger partial charge in [0.25, 0.3) is 0 Å². The fourth-order valence-corrected chi connectivity index (χ4v) is 1.20. The number of hydrogen-bond acceptors (Lipinski definition) is 4. The summed E-state index contributed by atoms with van der Waals surface area (Å²) < 4.78 is 4.89. The first kappa shape index (κ1) is 10.4. The zero-order valence-electron chi connectivity index (χ0n) is 8.11. The Morgan fingerprint density at radius 1 is 1.57 bits per heavy atom. The second-order valence-electron chi connectivity index (χ2n) is 3.02. The quantitative estimate of drug-likeness (QED) is 0.740. The van der Waals surface area contributed by atoms with Crippen molar-refractivity contribution >= 4 is 0 Å². The van der Waals surface area contributed by atoms with Gasteiger partial charge in [-0.15, -0.1) is 0 Å². The molecule has 1 unspecified atom stereocenters. The monoisotopic (exact) mass is 192 g/mol. The lowest BCUT2D eigenvalue weighted by Crippen LogP contribution is -2.05. The number of benzene rings is 1. The van der Waals surface area contributed by atoms with Gasteiger partial charge in [-0.05, 0) is 24.6 Å². The van der Waals surface area contributed by atoms with Crippen molar-refractivity contribution in [3.8, 4) is 17.6 Å². The molecular formula is C10H12N2O2. The third-order valence-electron chi connectivity index (χ3n) is 1.94. The van der Waals surface area contributed by atoms with E-state index in [0.29, 0.717) is 11.1 Å². The predicted octanol–water partition coefficient (Wildman–Crippen LogP) is 1.29. The van der Waals surface area contributed by atoms with E-state index in [1.54, 1.807) is 13.0 Å². The Balaban J connectivity index is 3.33. The maximum atomic E-state index is 9.52. The summed E-state index contributed by atoms with van der Waals surface area (Å²) in [5, 5.41) is 18.3. The van der Waals surface area contributed by atoms with Crippen LogP contribution >= 0.6 is 0 Å². The molecule has 4 nitrogen and oxygen atoms in total. The molecule has 0 bridgehead atoms. The number of aromatic hydroxyl groups is 1. The second kappa shape index (κ2) is 3.99. The maximum absolute atomic E-state index is 9.52. The zero-order chi connectivity index (χ0) is 10.7. The Labute approximate surface area is 82.5 Å².